The zero-order valence-corrected chi connectivity index (χ0v) is 15.0. The van der Waals surface area contributed by atoms with Gasteiger partial charge in [-0.2, -0.15) is 20.7 Å². The number of hydrogen-bond donors (Lipinski definition) is 4. The van der Waals surface area contributed by atoms with Crippen LogP contribution in [0, 0.1) is 22.7 Å². The molecule has 0 aliphatic heterocycles. The molecule has 0 spiro atoms. The summed E-state index contributed by atoms with van der Waals surface area (Å²) in [7, 11) is 0. The lowest BCUT2D eigenvalue weighted by atomic mass is 10.1. The maximum Gasteiger partial charge on any atom is 0.163 e. The van der Waals surface area contributed by atoms with Crippen molar-refractivity contribution in [1.82, 2.24) is 20.4 Å². The Morgan fingerprint density at radius 1 is 0.690 bits per heavy atom. The van der Waals surface area contributed by atoms with Crippen molar-refractivity contribution in [3.8, 4) is 46.2 Å². The Labute approximate surface area is 165 Å². The van der Waals surface area contributed by atoms with Gasteiger partial charge in [-0.3, -0.25) is 10.2 Å². The number of benzene rings is 2. The number of H-pyrrole nitrogens is 2. The van der Waals surface area contributed by atoms with Crippen LogP contribution in [-0.2, 0) is 0 Å². The molecule has 29 heavy (non-hydrogen) atoms. The molecule has 140 valence electrons. The molecule has 0 radical (unpaired) electrons. The highest BCUT2D eigenvalue weighted by Gasteiger charge is 2.13. The van der Waals surface area contributed by atoms with Gasteiger partial charge in [-0.15, -0.1) is 0 Å². The second-order valence-electron chi connectivity index (χ2n) is 6.09. The molecule has 0 saturated heterocycles. The molecular weight excluding hydrogens is 368 g/mol. The average Bonchev–Trinajstić information content (AvgIpc) is 3.31. The number of aromatic nitrogens is 4. The van der Waals surface area contributed by atoms with E-state index in [1.165, 1.54) is 0 Å². The lowest BCUT2D eigenvalue weighted by molar-refractivity contribution is 0.483. The summed E-state index contributed by atoms with van der Waals surface area (Å²) in [5.74, 6) is 1.58. The molecular formula is C20H14N8O. The summed E-state index contributed by atoms with van der Waals surface area (Å²) in [5.41, 5.74) is 14.6. The summed E-state index contributed by atoms with van der Waals surface area (Å²) < 4.78 is 5.85. The van der Waals surface area contributed by atoms with E-state index in [1.807, 2.05) is 36.4 Å². The van der Waals surface area contributed by atoms with Crippen molar-refractivity contribution in [2.45, 2.75) is 0 Å². The van der Waals surface area contributed by atoms with Crippen molar-refractivity contribution in [3.05, 3.63) is 59.7 Å². The number of ether oxygens (including phenoxy) is 1. The Balaban J connectivity index is 1.53. The fraction of sp³-hybridized carbons (Fsp3) is 0. The molecule has 2 aromatic carbocycles. The Hall–Kier alpha value is -4.76. The van der Waals surface area contributed by atoms with Crippen LogP contribution in [0.25, 0.3) is 22.5 Å². The minimum absolute atomic E-state index is 0.168. The van der Waals surface area contributed by atoms with Crippen LogP contribution in [0.5, 0.6) is 11.5 Å². The van der Waals surface area contributed by atoms with Crippen molar-refractivity contribution >= 4 is 11.6 Å². The summed E-state index contributed by atoms with van der Waals surface area (Å²) in [6, 6.07) is 18.4. The van der Waals surface area contributed by atoms with E-state index in [0.717, 1.165) is 11.1 Å². The molecule has 0 aliphatic carbocycles. The molecule has 4 aromatic rings. The van der Waals surface area contributed by atoms with Crippen molar-refractivity contribution in [1.29, 1.82) is 10.5 Å². The van der Waals surface area contributed by atoms with Crippen LogP contribution in [0.2, 0.25) is 0 Å². The molecule has 4 rings (SSSR count). The summed E-state index contributed by atoms with van der Waals surface area (Å²) in [4.78, 5) is 0. The largest absolute Gasteiger partial charge is 0.457 e. The van der Waals surface area contributed by atoms with Crippen LogP contribution in [0.3, 0.4) is 0 Å². The molecule has 9 nitrogen and oxygen atoms in total. The number of anilines is 2. The molecule has 0 unspecified atom stereocenters. The zero-order chi connectivity index (χ0) is 20.4. The van der Waals surface area contributed by atoms with Crippen molar-refractivity contribution in [2.24, 2.45) is 0 Å². The second-order valence-corrected chi connectivity index (χ2v) is 6.09. The number of nitrogen functional groups attached to an aromatic ring is 2. The van der Waals surface area contributed by atoms with E-state index in [2.05, 4.69) is 20.4 Å². The van der Waals surface area contributed by atoms with Gasteiger partial charge in [-0.1, -0.05) is 0 Å². The Morgan fingerprint density at radius 2 is 1.07 bits per heavy atom. The summed E-state index contributed by atoms with van der Waals surface area (Å²) in [6.45, 7) is 0. The Kier molecular flexibility index (Phi) is 4.32. The van der Waals surface area contributed by atoms with Gasteiger partial charge in [0.1, 0.15) is 34.8 Å². The van der Waals surface area contributed by atoms with Crippen LogP contribution < -0.4 is 16.2 Å². The highest BCUT2D eigenvalue weighted by Crippen LogP contribution is 2.30. The van der Waals surface area contributed by atoms with E-state index in [1.54, 1.807) is 24.3 Å². The summed E-state index contributed by atoms with van der Waals surface area (Å²) >= 11 is 0. The van der Waals surface area contributed by atoms with Gasteiger partial charge in [0.25, 0.3) is 0 Å². The lowest BCUT2D eigenvalue weighted by Crippen LogP contribution is -1.89. The first kappa shape index (κ1) is 17.6. The van der Waals surface area contributed by atoms with Gasteiger partial charge in [0.05, 0.1) is 11.4 Å². The molecule has 0 atom stereocenters. The van der Waals surface area contributed by atoms with Gasteiger partial charge in [0, 0.05) is 11.1 Å². The number of aromatic amines is 2. The molecule has 0 saturated carbocycles. The molecule has 2 heterocycles. The van der Waals surface area contributed by atoms with Crippen molar-refractivity contribution in [2.75, 3.05) is 11.5 Å². The highest BCUT2D eigenvalue weighted by molar-refractivity contribution is 5.73. The van der Waals surface area contributed by atoms with Crippen LogP contribution in [-0.4, -0.2) is 20.4 Å². The van der Waals surface area contributed by atoms with E-state index in [4.69, 9.17) is 16.2 Å². The quantitative estimate of drug-likeness (QED) is 0.420. The second kappa shape index (κ2) is 7.10. The minimum atomic E-state index is 0.168. The third-order valence-corrected chi connectivity index (χ3v) is 4.33. The molecule has 0 amide bonds. The number of nitrogens with zero attached hydrogens (tertiary/aromatic N) is 4. The van der Waals surface area contributed by atoms with Gasteiger partial charge in [0.15, 0.2) is 11.6 Å². The van der Waals surface area contributed by atoms with Crippen LogP contribution in [0.4, 0.5) is 11.6 Å². The third-order valence-electron chi connectivity index (χ3n) is 4.33. The summed E-state index contributed by atoms with van der Waals surface area (Å²) in [6.07, 6.45) is 0. The number of nitrogens with two attached hydrogens (primary N) is 2. The van der Waals surface area contributed by atoms with Gasteiger partial charge in [-0.05, 0) is 48.5 Å². The zero-order valence-electron chi connectivity index (χ0n) is 15.0. The van der Waals surface area contributed by atoms with Gasteiger partial charge < -0.3 is 16.2 Å². The minimum Gasteiger partial charge on any atom is -0.457 e. The fourth-order valence-corrected chi connectivity index (χ4v) is 2.87. The van der Waals surface area contributed by atoms with Gasteiger partial charge in [-0.25, -0.2) is 0 Å². The number of rotatable bonds is 4. The summed E-state index contributed by atoms with van der Waals surface area (Å²) in [5, 5.41) is 31.6. The van der Waals surface area contributed by atoms with E-state index < -0.39 is 0 Å². The monoisotopic (exact) mass is 382 g/mol. The van der Waals surface area contributed by atoms with E-state index in [9.17, 15) is 10.5 Å². The standard InChI is InChI=1S/C20H14N8O/c21-9-15-17(25-27-19(15)23)11-1-5-13(6-2-11)29-14-7-3-12(4-8-14)18-16(10-22)20(24)28-26-18/h1-8H,(H3,23,25,27)(H3,24,26,28). The highest BCUT2D eigenvalue weighted by atomic mass is 16.5. The first-order valence-corrected chi connectivity index (χ1v) is 8.47. The van der Waals surface area contributed by atoms with Gasteiger partial charge >= 0.3 is 0 Å². The van der Waals surface area contributed by atoms with E-state index >= 15 is 0 Å². The SMILES string of the molecule is N#Cc1c(N)n[nH]c1-c1ccc(Oc2ccc(-c3[nH]nc(N)c3C#N)cc2)cc1. The molecule has 6 N–H and O–H groups in total. The van der Waals surface area contributed by atoms with Crippen LogP contribution >= 0.6 is 0 Å². The Morgan fingerprint density at radius 3 is 1.41 bits per heavy atom. The first-order chi connectivity index (χ1) is 14.1. The number of hydrogen-bond acceptors (Lipinski definition) is 7. The third kappa shape index (κ3) is 3.20. The number of nitrogens with one attached hydrogen (secondary N) is 2. The Bertz CT molecular complexity index is 1150. The van der Waals surface area contributed by atoms with Crippen molar-refractivity contribution < 1.29 is 4.74 Å². The molecule has 0 bridgehead atoms. The smallest absolute Gasteiger partial charge is 0.163 e. The lowest BCUT2D eigenvalue weighted by Gasteiger charge is -2.07. The maximum absolute atomic E-state index is 9.19. The van der Waals surface area contributed by atoms with E-state index in [0.29, 0.717) is 34.0 Å². The predicted molar refractivity (Wildman–Crippen MR) is 106 cm³/mol. The normalized spacial score (nSPS) is 10.3. The predicted octanol–water partition coefficient (Wildman–Crippen LogP) is 3.17. The van der Waals surface area contributed by atoms with Crippen LogP contribution in [0.1, 0.15) is 11.1 Å². The average molecular weight is 382 g/mol. The molecule has 0 fully saturated rings. The van der Waals surface area contributed by atoms with Crippen molar-refractivity contribution in [3.63, 3.8) is 0 Å². The number of nitriles is 2. The molecule has 2 aromatic heterocycles. The maximum atomic E-state index is 9.19. The topological polar surface area (TPSA) is 166 Å². The van der Waals surface area contributed by atoms with Crippen LogP contribution in [0.15, 0.2) is 48.5 Å². The first-order valence-electron chi connectivity index (χ1n) is 8.47. The fourth-order valence-electron chi connectivity index (χ4n) is 2.87. The molecule has 9 heteroatoms. The molecule has 0 aliphatic rings. The van der Waals surface area contributed by atoms with E-state index in [-0.39, 0.29) is 11.6 Å². The van der Waals surface area contributed by atoms with Gasteiger partial charge in [0.2, 0.25) is 0 Å².